The monoisotopic (exact) mass is 447 g/mol. The molecule has 0 radical (unpaired) electrons. The Balaban J connectivity index is 1.27. The summed E-state index contributed by atoms with van der Waals surface area (Å²) in [5.74, 6) is -0.739. The van der Waals surface area contributed by atoms with Gasteiger partial charge in [0, 0.05) is 29.7 Å². The van der Waals surface area contributed by atoms with Crippen LogP contribution in [0.25, 0.3) is 0 Å². The minimum absolute atomic E-state index is 0.0345. The molecule has 0 atom stereocenters. The molecule has 166 valence electrons. The van der Waals surface area contributed by atoms with Crippen molar-refractivity contribution in [3.05, 3.63) is 46.5 Å². The molecule has 0 spiro atoms. The predicted molar refractivity (Wildman–Crippen MR) is 114 cm³/mol. The molecular formula is C22H27ClFN5O2. The summed E-state index contributed by atoms with van der Waals surface area (Å²) in [7, 11) is 0. The lowest BCUT2D eigenvalue weighted by Crippen LogP contribution is -2.39. The van der Waals surface area contributed by atoms with E-state index in [0.717, 1.165) is 51.6 Å². The summed E-state index contributed by atoms with van der Waals surface area (Å²) in [6.45, 7) is 1.57. The van der Waals surface area contributed by atoms with Crippen molar-refractivity contribution >= 4 is 23.4 Å². The molecule has 1 aromatic carbocycles. The van der Waals surface area contributed by atoms with Crippen molar-refractivity contribution < 1.29 is 14.0 Å². The minimum Gasteiger partial charge on any atom is -0.353 e. The van der Waals surface area contributed by atoms with Crippen LogP contribution in [-0.4, -0.2) is 50.8 Å². The van der Waals surface area contributed by atoms with Crippen molar-refractivity contribution in [1.82, 2.24) is 25.2 Å². The third-order valence-corrected chi connectivity index (χ3v) is 6.56. The van der Waals surface area contributed by atoms with Crippen molar-refractivity contribution in [2.24, 2.45) is 0 Å². The molecule has 2 fully saturated rings. The molecule has 1 aliphatic carbocycles. The van der Waals surface area contributed by atoms with Gasteiger partial charge >= 0.3 is 0 Å². The van der Waals surface area contributed by atoms with Gasteiger partial charge in [-0.1, -0.05) is 22.9 Å². The van der Waals surface area contributed by atoms with Crippen LogP contribution in [0.4, 0.5) is 4.39 Å². The van der Waals surface area contributed by atoms with E-state index in [1.807, 2.05) is 4.90 Å². The molecule has 4 rings (SSSR count). The van der Waals surface area contributed by atoms with Crippen LogP contribution in [0.2, 0.25) is 5.02 Å². The Morgan fingerprint density at radius 3 is 2.58 bits per heavy atom. The lowest BCUT2D eigenvalue weighted by atomic mass is 9.91. The quantitative estimate of drug-likeness (QED) is 0.760. The van der Waals surface area contributed by atoms with Gasteiger partial charge in [0.25, 0.3) is 5.91 Å². The molecule has 7 nitrogen and oxygen atoms in total. The third-order valence-electron chi connectivity index (χ3n) is 6.21. The van der Waals surface area contributed by atoms with Crippen molar-refractivity contribution in [3.63, 3.8) is 0 Å². The van der Waals surface area contributed by atoms with Gasteiger partial charge < -0.3 is 10.2 Å². The Bertz CT molecular complexity index is 915. The fraction of sp³-hybridized carbons (Fsp3) is 0.545. The summed E-state index contributed by atoms with van der Waals surface area (Å²) in [4.78, 5) is 26.8. The maximum absolute atomic E-state index is 13.9. The molecule has 9 heteroatoms. The molecular weight excluding hydrogens is 421 g/mol. The van der Waals surface area contributed by atoms with Gasteiger partial charge in [0.2, 0.25) is 5.91 Å². The number of aromatic nitrogens is 3. The highest BCUT2D eigenvalue weighted by Crippen LogP contribution is 2.28. The number of carbonyl (C=O) groups excluding carboxylic acids is 2. The van der Waals surface area contributed by atoms with Crippen molar-refractivity contribution in [2.75, 3.05) is 13.1 Å². The number of likely N-dealkylation sites (tertiary alicyclic amines) is 1. The molecule has 1 saturated heterocycles. The molecule has 2 aliphatic rings. The molecule has 1 aromatic heterocycles. The van der Waals surface area contributed by atoms with Crippen LogP contribution in [0.5, 0.6) is 0 Å². The van der Waals surface area contributed by atoms with E-state index in [1.165, 1.54) is 18.6 Å². The lowest BCUT2D eigenvalue weighted by molar-refractivity contribution is -0.121. The van der Waals surface area contributed by atoms with Crippen LogP contribution >= 0.6 is 11.6 Å². The fourth-order valence-electron chi connectivity index (χ4n) is 4.44. The number of halogens is 2. The standard InChI is InChI=1S/C22H27ClFN5O2/c23-18-5-4-6-19(24)17(18)13-21(30)25-15-7-9-16(10-8-15)29-14-20(26-27-29)22(31)28-11-2-1-3-12-28/h4-6,14-16H,1-3,7-13H2,(H,25,30)/t15-,16+. The van der Waals surface area contributed by atoms with Gasteiger partial charge in [-0.25, -0.2) is 9.07 Å². The van der Waals surface area contributed by atoms with E-state index in [9.17, 15) is 14.0 Å². The Labute approximate surface area is 185 Å². The molecule has 1 aliphatic heterocycles. The molecule has 2 heterocycles. The predicted octanol–water partition coefficient (Wildman–Crippen LogP) is 3.54. The van der Waals surface area contributed by atoms with Crippen LogP contribution < -0.4 is 5.32 Å². The first-order valence-electron chi connectivity index (χ1n) is 10.9. The second-order valence-electron chi connectivity index (χ2n) is 8.39. The number of carbonyl (C=O) groups is 2. The van der Waals surface area contributed by atoms with Gasteiger partial charge in [-0.2, -0.15) is 0 Å². The smallest absolute Gasteiger partial charge is 0.276 e. The molecule has 1 N–H and O–H groups in total. The Morgan fingerprint density at radius 2 is 1.87 bits per heavy atom. The van der Waals surface area contributed by atoms with Crippen LogP contribution in [-0.2, 0) is 11.2 Å². The fourth-order valence-corrected chi connectivity index (χ4v) is 4.67. The molecule has 0 bridgehead atoms. The van der Waals surface area contributed by atoms with E-state index in [-0.39, 0.29) is 40.9 Å². The van der Waals surface area contributed by atoms with E-state index in [0.29, 0.717) is 5.69 Å². The highest BCUT2D eigenvalue weighted by molar-refractivity contribution is 6.31. The first-order chi connectivity index (χ1) is 15.0. The first kappa shape index (κ1) is 21.7. The van der Waals surface area contributed by atoms with Gasteiger partial charge in [0.1, 0.15) is 5.82 Å². The van der Waals surface area contributed by atoms with E-state index in [4.69, 9.17) is 11.6 Å². The first-order valence-corrected chi connectivity index (χ1v) is 11.3. The van der Waals surface area contributed by atoms with Crippen LogP contribution in [0.3, 0.4) is 0 Å². The second kappa shape index (κ2) is 9.77. The largest absolute Gasteiger partial charge is 0.353 e. The minimum atomic E-state index is -0.465. The van der Waals surface area contributed by atoms with Gasteiger partial charge in [0.15, 0.2) is 5.69 Å². The highest BCUT2D eigenvalue weighted by atomic mass is 35.5. The molecule has 2 aromatic rings. The van der Waals surface area contributed by atoms with Gasteiger partial charge in [-0.05, 0) is 57.1 Å². The Hall–Kier alpha value is -2.48. The summed E-state index contributed by atoms with van der Waals surface area (Å²) < 4.78 is 15.7. The number of hydrogen-bond donors (Lipinski definition) is 1. The summed E-state index contributed by atoms with van der Waals surface area (Å²) in [6.07, 6.45) is 8.16. The van der Waals surface area contributed by atoms with Gasteiger partial charge in [0.05, 0.1) is 18.7 Å². The summed E-state index contributed by atoms with van der Waals surface area (Å²) in [5.41, 5.74) is 0.628. The van der Waals surface area contributed by atoms with Crippen LogP contribution in [0.15, 0.2) is 24.4 Å². The number of amides is 2. The average Bonchev–Trinajstić information content (AvgIpc) is 3.27. The maximum atomic E-state index is 13.9. The number of nitrogens with one attached hydrogen (secondary N) is 1. The highest BCUT2D eigenvalue weighted by Gasteiger charge is 2.27. The second-order valence-corrected chi connectivity index (χ2v) is 8.79. The van der Waals surface area contributed by atoms with Gasteiger partial charge in [-0.15, -0.1) is 5.10 Å². The number of piperidine rings is 1. The van der Waals surface area contributed by atoms with Crippen LogP contribution in [0, 0.1) is 5.82 Å². The Morgan fingerprint density at radius 1 is 1.13 bits per heavy atom. The molecule has 1 saturated carbocycles. The van der Waals surface area contributed by atoms with Crippen molar-refractivity contribution in [2.45, 2.75) is 63.5 Å². The summed E-state index contributed by atoms with van der Waals surface area (Å²) in [6, 6.07) is 4.61. The number of nitrogens with zero attached hydrogens (tertiary/aromatic N) is 4. The van der Waals surface area contributed by atoms with Gasteiger partial charge in [-0.3, -0.25) is 9.59 Å². The molecule has 31 heavy (non-hydrogen) atoms. The van der Waals surface area contributed by atoms with E-state index in [1.54, 1.807) is 16.9 Å². The van der Waals surface area contributed by atoms with E-state index < -0.39 is 5.82 Å². The zero-order valence-corrected chi connectivity index (χ0v) is 18.2. The third kappa shape index (κ3) is 5.23. The zero-order chi connectivity index (χ0) is 21.8. The van der Waals surface area contributed by atoms with Crippen molar-refractivity contribution in [1.29, 1.82) is 0 Å². The zero-order valence-electron chi connectivity index (χ0n) is 17.4. The Kier molecular flexibility index (Phi) is 6.85. The maximum Gasteiger partial charge on any atom is 0.276 e. The van der Waals surface area contributed by atoms with E-state index >= 15 is 0 Å². The number of rotatable bonds is 5. The average molecular weight is 448 g/mol. The number of benzene rings is 1. The van der Waals surface area contributed by atoms with Crippen LogP contribution in [0.1, 0.15) is 67.0 Å². The summed E-state index contributed by atoms with van der Waals surface area (Å²) in [5, 5.41) is 11.5. The SMILES string of the molecule is O=C(Cc1c(F)cccc1Cl)N[C@H]1CC[C@@H](n2cc(C(=O)N3CCCCC3)nn2)CC1. The van der Waals surface area contributed by atoms with E-state index in [2.05, 4.69) is 15.6 Å². The number of hydrogen-bond acceptors (Lipinski definition) is 4. The topological polar surface area (TPSA) is 80.1 Å². The summed E-state index contributed by atoms with van der Waals surface area (Å²) >= 11 is 6.01. The lowest BCUT2D eigenvalue weighted by Gasteiger charge is -2.29. The van der Waals surface area contributed by atoms with Crippen molar-refractivity contribution in [3.8, 4) is 0 Å². The normalized spacial score (nSPS) is 21.7. The molecule has 2 amide bonds. The molecule has 0 unspecified atom stereocenters.